The third kappa shape index (κ3) is 11.0. The van der Waals surface area contributed by atoms with Crippen LogP contribution in [0.1, 0.15) is 52.4 Å². The molecule has 0 saturated carbocycles. The van der Waals surface area contributed by atoms with Crippen LogP contribution in [0.5, 0.6) is 0 Å². The second-order valence-electron chi connectivity index (χ2n) is 3.67. The molecule has 0 saturated heterocycles. The van der Waals surface area contributed by atoms with Crippen LogP contribution in [0.25, 0.3) is 0 Å². The summed E-state index contributed by atoms with van der Waals surface area (Å²) in [5.41, 5.74) is 0. The Bertz CT molecular complexity index is 217. The van der Waals surface area contributed by atoms with E-state index in [1.54, 1.807) is 0 Å². The summed E-state index contributed by atoms with van der Waals surface area (Å²) in [6.07, 6.45) is 14.8. The molecule has 0 aliphatic heterocycles. The van der Waals surface area contributed by atoms with Crippen molar-refractivity contribution < 1.29 is 9.53 Å². The van der Waals surface area contributed by atoms with Gasteiger partial charge in [0.1, 0.15) is 0 Å². The molecule has 0 aromatic heterocycles. The summed E-state index contributed by atoms with van der Waals surface area (Å²) in [6.45, 7) is 4.42. The highest BCUT2D eigenvalue weighted by Gasteiger charge is 1.92. The topological polar surface area (TPSA) is 26.3 Å². The van der Waals surface area contributed by atoms with Crippen molar-refractivity contribution in [2.75, 3.05) is 6.61 Å². The molecule has 0 radical (unpaired) electrons. The lowest BCUT2D eigenvalue weighted by Gasteiger charge is -1.96. The van der Waals surface area contributed by atoms with E-state index in [9.17, 15) is 4.79 Å². The average Bonchev–Trinajstić information content (AvgIpc) is 2.27. The van der Waals surface area contributed by atoms with Crippen LogP contribution in [0.4, 0.5) is 0 Å². The molecule has 0 fully saturated rings. The van der Waals surface area contributed by atoms with Crippen molar-refractivity contribution in [1.82, 2.24) is 0 Å². The van der Waals surface area contributed by atoms with Gasteiger partial charge in [0, 0.05) is 6.08 Å². The standard InChI is InChI=1S/C14H24O2/c1-3-5-6-7-8-9-10-11-12-13-14(15)16-4-2/h5-6,12-13H,3-4,7-11H2,1-2H3. The van der Waals surface area contributed by atoms with E-state index < -0.39 is 0 Å². The minimum atomic E-state index is -0.228. The SMILES string of the molecule is CCC=CCCCCCC=CC(=O)OCC. The number of carbonyl (C=O) groups excluding carboxylic acids is 1. The molecule has 92 valence electrons. The molecule has 2 nitrogen and oxygen atoms in total. The van der Waals surface area contributed by atoms with Crippen LogP contribution in [0, 0.1) is 0 Å². The van der Waals surface area contributed by atoms with E-state index in [0.29, 0.717) is 6.61 Å². The normalized spacial score (nSPS) is 11.4. The maximum atomic E-state index is 10.9. The first kappa shape index (κ1) is 14.9. The zero-order valence-corrected chi connectivity index (χ0v) is 10.6. The minimum absolute atomic E-state index is 0.228. The maximum Gasteiger partial charge on any atom is 0.330 e. The summed E-state index contributed by atoms with van der Waals surface area (Å²) in [5.74, 6) is -0.228. The van der Waals surface area contributed by atoms with Gasteiger partial charge in [-0.05, 0) is 39.0 Å². The molecule has 0 heterocycles. The number of allylic oxidation sites excluding steroid dienone is 3. The van der Waals surface area contributed by atoms with Crippen LogP contribution in [0.15, 0.2) is 24.3 Å². The van der Waals surface area contributed by atoms with Gasteiger partial charge in [-0.1, -0.05) is 31.6 Å². The second-order valence-corrected chi connectivity index (χ2v) is 3.67. The van der Waals surface area contributed by atoms with Crippen molar-refractivity contribution in [2.45, 2.75) is 52.4 Å². The van der Waals surface area contributed by atoms with Gasteiger partial charge in [0.2, 0.25) is 0 Å². The van der Waals surface area contributed by atoms with Crippen molar-refractivity contribution in [3.63, 3.8) is 0 Å². The lowest BCUT2D eigenvalue weighted by Crippen LogP contribution is -1.98. The van der Waals surface area contributed by atoms with E-state index in [2.05, 4.69) is 19.1 Å². The molecule has 0 bridgehead atoms. The van der Waals surface area contributed by atoms with Crippen molar-refractivity contribution in [3.8, 4) is 0 Å². The lowest BCUT2D eigenvalue weighted by atomic mass is 10.1. The summed E-state index contributed by atoms with van der Waals surface area (Å²) in [7, 11) is 0. The van der Waals surface area contributed by atoms with E-state index in [4.69, 9.17) is 4.74 Å². The Morgan fingerprint density at radius 1 is 1.00 bits per heavy atom. The Morgan fingerprint density at radius 3 is 2.31 bits per heavy atom. The van der Waals surface area contributed by atoms with Crippen molar-refractivity contribution in [1.29, 1.82) is 0 Å². The zero-order chi connectivity index (χ0) is 12.1. The van der Waals surface area contributed by atoms with Gasteiger partial charge in [-0.3, -0.25) is 0 Å². The van der Waals surface area contributed by atoms with Gasteiger partial charge in [-0.15, -0.1) is 0 Å². The Balaban J connectivity index is 3.26. The number of hydrogen-bond donors (Lipinski definition) is 0. The van der Waals surface area contributed by atoms with E-state index in [1.165, 1.54) is 25.3 Å². The van der Waals surface area contributed by atoms with Crippen LogP contribution < -0.4 is 0 Å². The molecule has 0 aliphatic rings. The first-order valence-electron chi connectivity index (χ1n) is 6.29. The molecule has 0 amide bonds. The van der Waals surface area contributed by atoms with Crippen LogP contribution in [0.2, 0.25) is 0 Å². The highest BCUT2D eigenvalue weighted by Crippen LogP contribution is 2.04. The number of esters is 1. The molecule has 0 atom stereocenters. The van der Waals surface area contributed by atoms with Crippen molar-refractivity contribution in [3.05, 3.63) is 24.3 Å². The molecule has 0 aromatic rings. The summed E-state index contributed by atoms with van der Waals surface area (Å²) in [4.78, 5) is 10.9. The highest BCUT2D eigenvalue weighted by molar-refractivity contribution is 5.81. The molecule has 0 N–H and O–H groups in total. The van der Waals surface area contributed by atoms with Crippen molar-refractivity contribution >= 4 is 5.97 Å². The summed E-state index contributed by atoms with van der Waals surface area (Å²) in [6, 6.07) is 0. The molecule has 0 aromatic carbocycles. The fraction of sp³-hybridized carbons (Fsp3) is 0.643. The summed E-state index contributed by atoms with van der Waals surface area (Å²) in [5, 5.41) is 0. The van der Waals surface area contributed by atoms with Gasteiger partial charge in [-0.2, -0.15) is 0 Å². The molecule has 2 heteroatoms. The van der Waals surface area contributed by atoms with Crippen LogP contribution in [0.3, 0.4) is 0 Å². The molecule has 0 spiro atoms. The monoisotopic (exact) mass is 224 g/mol. The molecule has 0 rings (SSSR count). The predicted molar refractivity (Wildman–Crippen MR) is 68.3 cm³/mol. The highest BCUT2D eigenvalue weighted by atomic mass is 16.5. The fourth-order valence-corrected chi connectivity index (χ4v) is 1.36. The van der Waals surface area contributed by atoms with Crippen LogP contribution in [-0.4, -0.2) is 12.6 Å². The Labute approximate surface area is 99.4 Å². The first-order chi connectivity index (χ1) is 7.81. The van der Waals surface area contributed by atoms with Crippen LogP contribution in [-0.2, 0) is 9.53 Å². The molecular weight excluding hydrogens is 200 g/mol. The van der Waals surface area contributed by atoms with Gasteiger partial charge >= 0.3 is 5.97 Å². The Kier molecular flexibility index (Phi) is 11.2. The van der Waals surface area contributed by atoms with Gasteiger partial charge in [0.15, 0.2) is 0 Å². The molecule has 0 unspecified atom stereocenters. The number of unbranched alkanes of at least 4 members (excludes halogenated alkanes) is 4. The fourth-order valence-electron chi connectivity index (χ4n) is 1.36. The quantitative estimate of drug-likeness (QED) is 0.256. The first-order valence-corrected chi connectivity index (χ1v) is 6.29. The summed E-state index contributed by atoms with van der Waals surface area (Å²) >= 11 is 0. The van der Waals surface area contributed by atoms with Gasteiger partial charge < -0.3 is 4.74 Å². The molecular formula is C14H24O2. The van der Waals surface area contributed by atoms with Gasteiger partial charge in [0.05, 0.1) is 6.61 Å². The molecule has 16 heavy (non-hydrogen) atoms. The molecule has 0 aliphatic carbocycles. The maximum absolute atomic E-state index is 10.9. The largest absolute Gasteiger partial charge is 0.463 e. The Morgan fingerprint density at radius 2 is 1.69 bits per heavy atom. The third-order valence-electron chi connectivity index (χ3n) is 2.18. The smallest absolute Gasteiger partial charge is 0.330 e. The predicted octanol–water partition coefficient (Wildman–Crippen LogP) is 4.02. The van der Waals surface area contributed by atoms with Crippen molar-refractivity contribution in [2.24, 2.45) is 0 Å². The second kappa shape index (κ2) is 12.0. The number of hydrogen-bond acceptors (Lipinski definition) is 2. The zero-order valence-electron chi connectivity index (χ0n) is 10.6. The average molecular weight is 224 g/mol. The van der Waals surface area contributed by atoms with Crippen LogP contribution >= 0.6 is 0 Å². The van der Waals surface area contributed by atoms with E-state index >= 15 is 0 Å². The lowest BCUT2D eigenvalue weighted by molar-refractivity contribution is -0.137. The van der Waals surface area contributed by atoms with E-state index in [1.807, 2.05) is 13.0 Å². The van der Waals surface area contributed by atoms with E-state index in [-0.39, 0.29) is 5.97 Å². The number of carbonyl (C=O) groups is 1. The van der Waals surface area contributed by atoms with Gasteiger partial charge in [0.25, 0.3) is 0 Å². The number of ether oxygens (including phenoxy) is 1. The summed E-state index contributed by atoms with van der Waals surface area (Å²) < 4.78 is 4.78. The van der Waals surface area contributed by atoms with E-state index in [0.717, 1.165) is 19.3 Å². The van der Waals surface area contributed by atoms with Gasteiger partial charge in [-0.25, -0.2) is 4.79 Å². The minimum Gasteiger partial charge on any atom is -0.463 e. The third-order valence-corrected chi connectivity index (χ3v) is 2.18. The number of rotatable bonds is 9. The Hall–Kier alpha value is -1.05.